The van der Waals surface area contributed by atoms with Crippen LogP contribution in [-0.2, 0) is 6.61 Å². The molecule has 1 aliphatic rings. The molecule has 1 atom stereocenters. The number of hydrogen-bond acceptors (Lipinski definition) is 5. The van der Waals surface area contributed by atoms with Crippen LogP contribution in [0.5, 0.6) is 5.75 Å². The Labute approximate surface area is 172 Å². The van der Waals surface area contributed by atoms with Gasteiger partial charge in [0.15, 0.2) is 0 Å². The Balaban J connectivity index is 1.55. The van der Waals surface area contributed by atoms with Crippen molar-refractivity contribution in [1.82, 2.24) is 15.2 Å². The lowest BCUT2D eigenvalue weighted by Crippen LogP contribution is -2.54. The third kappa shape index (κ3) is 5.55. The molecule has 3 rings (SSSR count). The number of thiazole rings is 1. The number of benzene rings is 1. The first-order chi connectivity index (χ1) is 13.3. The third-order valence-electron chi connectivity index (χ3n) is 5.34. The van der Waals surface area contributed by atoms with Gasteiger partial charge < -0.3 is 10.1 Å². The molecule has 0 saturated carbocycles. The predicted octanol–water partition coefficient (Wildman–Crippen LogP) is 4.27. The molecule has 0 radical (unpaired) electrons. The van der Waals surface area contributed by atoms with Gasteiger partial charge in [-0.15, -0.1) is 11.3 Å². The van der Waals surface area contributed by atoms with Crippen LogP contribution >= 0.6 is 11.3 Å². The summed E-state index contributed by atoms with van der Waals surface area (Å²) in [4.78, 5) is 19.6. The first kappa shape index (κ1) is 20.8. The smallest absolute Gasteiger partial charge is 0.251 e. The lowest BCUT2D eigenvalue weighted by Gasteiger charge is -2.43. The molecule has 1 aliphatic heterocycles. The second kappa shape index (κ2) is 9.05. The van der Waals surface area contributed by atoms with Crippen LogP contribution in [0.1, 0.15) is 54.7 Å². The van der Waals surface area contributed by atoms with E-state index in [0.29, 0.717) is 24.5 Å². The van der Waals surface area contributed by atoms with Crippen molar-refractivity contribution in [2.24, 2.45) is 5.92 Å². The largest absolute Gasteiger partial charge is 0.487 e. The molecule has 2 heterocycles. The van der Waals surface area contributed by atoms with Crippen molar-refractivity contribution >= 4 is 17.2 Å². The maximum atomic E-state index is 12.7. The molecule has 0 aliphatic carbocycles. The summed E-state index contributed by atoms with van der Waals surface area (Å²) >= 11 is 1.61. The van der Waals surface area contributed by atoms with Gasteiger partial charge in [-0.25, -0.2) is 4.98 Å². The van der Waals surface area contributed by atoms with E-state index in [9.17, 15) is 4.79 Å². The van der Waals surface area contributed by atoms with Gasteiger partial charge in [0.2, 0.25) is 0 Å². The van der Waals surface area contributed by atoms with Crippen molar-refractivity contribution in [3.63, 3.8) is 0 Å². The van der Waals surface area contributed by atoms with Gasteiger partial charge in [-0.05, 0) is 64.3 Å². The summed E-state index contributed by atoms with van der Waals surface area (Å²) in [5.41, 5.74) is 1.48. The van der Waals surface area contributed by atoms with Gasteiger partial charge in [0.1, 0.15) is 12.4 Å². The topological polar surface area (TPSA) is 54.5 Å². The fourth-order valence-corrected chi connectivity index (χ4v) is 4.21. The Hall–Kier alpha value is -1.92. The molecule has 5 nitrogen and oxygen atoms in total. The second-order valence-electron chi connectivity index (χ2n) is 8.36. The van der Waals surface area contributed by atoms with E-state index in [-0.39, 0.29) is 11.4 Å². The number of rotatable bonds is 7. The molecule has 0 bridgehead atoms. The van der Waals surface area contributed by atoms with Crippen LogP contribution in [0.2, 0.25) is 0 Å². The number of carbonyl (C=O) groups is 1. The minimum atomic E-state index is -0.0620. The van der Waals surface area contributed by atoms with Gasteiger partial charge in [-0.1, -0.05) is 13.0 Å². The monoisotopic (exact) mass is 401 g/mol. The lowest BCUT2D eigenvalue weighted by molar-refractivity contribution is 0.0657. The molecule has 28 heavy (non-hydrogen) atoms. The van der Waals surface area contributed by atoms with Gasteiger partial charge in [-0.2, -0.15) is 0 Å². The first-order valence-electron chi connectivity index (χ1n) is 10.0. The SMILES string of the molecule is Cc1nc(COc2cccc(C(=O)NCC(C)(C)N3CCCC(C)C3)c2)cs1. The molecule has 152 valence electrons. The molecule has 1 fully saturated rings. The number of piperidine rings is 1. The fraction of sp³-hybridized carbons (Fsp3) is 0.545. The summed E-state index contributed by atoms with van der Waals surface area (Å²) in [5.74, 6) is 1.34. The van der Waals surface area contributed by atoms with Crippen molar-refractivity contribution in [1.29, 1.82) is 0 Å². The van der Waals surface area contributed by atoms with E-state index in [4.69, 9.17) is 4.74 Å². The highest BCUT2D eigenvalue weighted by Crippen LogP contribution is 2.23. The Morgan fingerprint density at radius 2 is 2.25 bits per heavy atom. The highest BCUT2D eigenvalue weighted by molar-refractivity contribution is 7.09. The van der Waals surface area contributed by atoms with Crippen LogP contribution < -0.4 is 10.1 Å². The number of nitrogens with zero attached hydrogens (tertiary/aromatic N) is 2. The summed E-state index contributed by atoms with van der Waals surface area (Å²) in [5, 5.41) is 6.13. The molecule has 2 aromatic rings. The van der Waals surface area contributed by atoms with Gasteiger partial charge >= 0.3 is 0 Å². The number of hydrogen-bond donors (Lipinski definition) is 1. The summed E-state index contributed by atoms with van der Waals surface area (Å²) in [6.45, 7) is 11.9. The second-order valence-corrected chi connectivity index (χ2v) is 9.43. The standard InChI is InChI=1S/C22H31N3O2S/c1-16-7-6-10-25(12-16)22(3,4)15-23-21(26)18-8-5-9-20(11-18)27-13-19-14-28-17(2)24-19/h5,8-9,11,14,16H,6-7,10,12-13,15H2,1-4H3,(H,23,26). The maximum absolute atomic E-state index is 12.7. The summed E-state index contributed by atoms with van der Waals surface area (Å²) < 4.78 is 5.80. The Bertz CT molecular complexity index is 803. The van der Waals surface area contributed by atoms with Crippen LogP contribution in [-0.4, -0.2) is 41.0 Å². The molecular formula is C22H31N3O2S. The van der Waals surface area contributed by atoms with E-state index in [1.54, 1.807) is 17.4 Å². The van der Waals surface area contributed by atoms with Crippen molar-refractivity contribution in [2.75, 3.05) is 19.6 Å². The number of carbonyl (C=O) groups excluding carboxylic acids is 1. The zero-order valence-electron chi connectivity index (χ0n) is 17.3. The number of ether oxygens (including phenoxy) is 1. The fourth-order valence-electron chi connectivity index (χ4n) is 3.61. The molecule has 1 aromatic heterocycles. The van der Waals surface area contributed by atoms with E-state index in [0.717, 1.165) is 29.7 Å². The summed E-state index contributed by atoms with van der Waals surface area (Å²) in [7, 11) is 0. The molecule has 0 spiro atoms. The zero-order chi connectivity index (χ0) is 20.1. The predicted molar refractivity (Wildman–Crippen MR) is 114 cm³/mol. The minimum absolute atomic E-state index is 0.0546. The molecule has 1 amide bonds. The summed E-state index contributed by atoms with van der Waals surface area (Å²) in [6.07, 6.45) is 2.53. The van der Waals surface area contributed by atoms with Crippen molar-refractivity contribution < 1.29 is 9.53 Å². The molecule has 1 saturated heterocycles. The normalized spacial score (nSPS) is 18.1. The van der Waals surface area contributed by atoms with Crippen LogP contribution in [0.15, 0.2) is 29.6 Å². The quantitative estimate of drug-likeness (QED) is 0.753. The minimum Gasteiger partial charge on any atom is -0.487 e. The highest BCUT2D eigenvalue weighted by atomic mass is 32.1. The number of likely N-dealkylation sites (tertiary alicyclic amines) is 1. The van der Waals surface area contributed by atoms with E-state index < -0.39 is 0 Å². The summed E-state index contributed by atoms with van der Waals surface area (Å²) in [6, 6.07) is 7.35. The van der Waals surface area contributed by atoms with Gasteiger partial charge in [0, 0.05) is 29.6 Å². The molecule has 6 heteroatoms. The molecular weight excluding hydrogens is 370 g/mol. The van der Waals surface area contributed by atoms with Gasteiger partial charge in [0.05, 0.1) is 10.7 Å². The molecule has 1 unspecified atom stereocenters. The van der Waals surface area contributed by atoms with Gasteiger partial charge in [0.25, 0.3) is 5.91 Å². The molecule has 1 aromatic carbocycles. The zero-order valence-corrected chi connectivity index (χ0v) is 18.1. The van der Waals surface area contributed by atoms with Crippen molar-refractivity contribution in [3.8, 4) is 5.75 Å². The average molecular weight is 402 g/mol. The molecule has 1 N–H and O–H groups in total. The van der Waals surface area contributed by atoms with Crippen LogP contribution in [0.3, 0.4) is 0 Å². The number of amides is 1. The van der Waals surface area contributed by atoms with E-state index in [2.05, 4.69) is 36.0 Å². The Kier molecular flexibility index (Phi) is 6.73. The van der Waals surface area contributed by atoms with Gasteiger partial charge in [-0.3, -0.25) is 9.69 Å². The highest BCUT2D eigenvalue weighted by Gasteiger charge is 2.30. The van der Waals surface area contributed by atoms with Crippen LogP contribution in [0.4, 0.5) is 0 Å². The van der Waals surface area contributed by atoms with Crippen molar-refractivity contribution in [2.45, 2.75) is 52.7 Å². The average Bonchev–Trinajstić information content (AvgIpc) is 3.10. The number of nitrogens with one attached hydrogen (secondary N) is 1. The first-order valence-corrected chi connectivity index (χ1v) is 10.9. The van der Waals surface area contributed by atoms with Crippen LogP contribution in [0, 0.1) is 12.8 Å². The maximum Gasteiger partial charge on any atom is 0.251 e. The van der Waals surface area contributed by atoms with E-state index in [1.807, 2.05) is 30.5 Å². The lowest BCUT2D eigenvalue weighted by atomic mass is 9.93. The van der Waals surface area contributed by atoms with E-state index >= 15 is 0 Å². The van der Waals surface area contributed by atoms with E-state index in [1.165, 1.54) is 12.8 Å². The Morgan fingerprint density at radius 3 is 2.96 bits per heavy atom. The van der Waals surface area contributed by atoms with Crippen molar-refractivity contribution in [3.05, 3.63) is 45.9 Å². The third-order valence-corrected chi connectivity index (χ3v) is 6.17. The number of aryl methyl sites for hydroxylation is 1. The number of aromatic nitrogens is 1. The van der Waals surface area contributed by atoms with Crippen LogP contribution in [0.25, 0.3) is 0 Å². The Morgan fingerprint density at radius 1 is 1.43 bits per heavy atom.